The summed E-state index contributed by atoms with van der Waals surface area (Å²) in [6, 6.07) is 17.3. The van der Waals surface area contributed by atoms with Gasteiger partial charge in [-0.2, -0.15) is 5.43 Å². The quantitative estimate of drug-likeness (QED) is 0.309. The number of amides is 1. The number of halogens is 1. The first-order chi connectivity index (χ1) is 19.8. The summed E-state index contributed by atoms with van der Waals surface area (Å²) >= 11 is 0. The van der Waals surface area contributed by atoms with E-state index in [2.05, 4.69) is 10.7 Å². The zero-order chi connectivity index (χ0) is 29.0. The lowest BCUT2D eigenvalue weighted by Gasteiger charge is -2.37. The van der Waals surface area contributed by atoms with E-state index in [1.807, 2.05) is 54.4 Å². The molecule has 3 aromatic rings. The van der Waals surface area contributed by atoms with Crippen LogP contribution in [-0.4, -0.2) is 36.6 Å². The smallest absolute Gasteiger partial charge is 0.409 e. The van der Waals surface area contributed by atoms with Crippen molar-refractivity contribution < 1.29 is 33.3 Å². The van der Waals surface area contributed by atoms with E-state index in [1.165, 1.54) is 19.1 Å². The number of aromatic carboxylic acids is 1. The number of nitrogens with zero attached hydrogens (tertiary/aromatic N) is 1. The monoisotopic (exact) mass is 563 g/mol. The molecule has 2 aliphatic heterocycles. The van der Waals surface area contributed by atoms with Crippen molar-refractivity contribution in [1.29, 1.82) is 0 Å². The lowest BCUT2D eigenvalue weighted by atomic mass is 9.88. The molecule has 10 heteroatoms. The highest BCUT2D eigenvalue weighted by atomic mass is 19.1. The molecule has 41 heavy (non-hydrogen) atoms. The van der Waals surface area contributed by atoms with Gasteiger partial charge in [0.05, 0.1) is 23.4 Å². The Labute approximate surface area is 238 Å². The number of rotatable bonds is 9. The molecule has 3 N–H and O–H groups in total. The van der Waals surface area contributed by atoms with Crippen LogP contribution in [0.2, 0.25) is 0 Å². The molecular formula is C31H34FN3O6. The number of carbonyl (C=O) groups excluding carboxylic acids is 1. The molecule has 3 aromatic carbocycles. The average molecular weight is 564 g/mol. The van der Waals surface area contributed by atoms with Crippen molar-refractivity contribution in [3.05, 3.63) is 94.3 Å². The second kappa shape index (κ2) is 12.2. The Morgan fingerprint density at radius 2 is 1.98 bits per heavy atom. The van der Waals surface area contributed by atoms with Gasteiger partial charge in [0.1, 0.15) is 24.4 Å². The summed E-state index contributed by atoms with van der Waals surface area (Å²) in [6.45, 7) is 4.34. The van der Waals surface area contributed by atoms with E-state index in [0.29, 0.717) is 36.6 Å². The molecule has 1 fully saturated rings. The van der Waals surface area contributed by atoms with Crippen LogP contribution in [0, 0.1) is 12.7 Å². The number of anilines is 1. The molecule has 0 saturated carbocycles. The number of alkyl carbamates (subject to hydrolysis) is 1. The molecule has 0 radical (unpaired) electrons. The third-order valence-electron chi connectivity index (χ3n) is 7.34. The van der Waals surface area contributed by atoms with Gasteiger partial charge in [-0.1, -0.05) is 43.3 Å². The second-order valence-corrected chi connectivity index (χ2v) is 10.2. The Kier molecular flexibility index (Phi) is 8.41. The Hall–Kier alpha value is -4.15. The third-order valence-corrected chi connectivity index (χ3v) is 7.34. The molecule has 0 aromatic heterocycles. The second-order valence-electron chi connectivity index (χ2n) is 10.2. The van der Waals surface area contributed by atoms with Crippen molar-refractivity contribution in [2.45, 2.75) is 58.0 Å². The highest BCUT2D eigenvalue weighted by Gasteiger charge is 2.50. The summed E-state index contributed by atoms with van der Waals surface area (Å²) < 4.78 is 33.2. The van der Waals surface area contributed by atoms with Crippen LogP contribution in [0.3, 0.4) is 0 Å². The van der Waals surface area contributed by atoms with Crippen molar-refractivity contribution in [3.8, 4) is 5.75 Å². The number of fused-ring (bicyclic) bond motifs is 1. The summed E-state index contributed by atoms with van der Waals surface area (Å²) in [7, 11) is 0. The number of hydrogen-bond acceptors (Lipinski definition) is 7. The van der Waals surface area contributed by atoms with E-state index in [4.69, 9.17) is 14.2 Å². The predicted octanol–water partition coefficient (Wildman–Crippen LogP) is 5.60. The molecule has 2 atom stereocenters. The van der Waals surface area contributed by atoms with Gasteiger partial charge in [0.15, 0.2) is 5.66 Å². The van der Waals surface area contributed by atoms with Crippen LogP contribution in [0.1, 0.15) is 65.2 Å². The maximum atomic E-state index is 15.4. The SMILES string of the molecule is CCCOc1cccc2c1C(NC(=O)OCc1ccccc1)(c1cc(F)c(C)c(C(=O)O)c1)NN2C1CCCCO1. The van der Waals surface area contributed by atoms with Crippen LogP contribution in [0.25, 0.3) is 0 Å². The van der Waals surface area contributed by atoms with Gasteiger partial charge in [-0.3, -0.25) is 10.3 Å². The van der Waals surface area contributed by atoms with E-state index in [9.17, 15) is 14.7 Å². The van der Waals surface area contributed by atoms with E-state index in [0.717, 1.165) is 24.8 Å². The zero-order valence-corrected chi connectivity index (χ0v) is 23.1. The number of benzene rings is 3. The number of hydrogen-bond donors (Lipinski definition) is 3. The molecule has 0 bridgehead atoms. The van der Waals surface area contributed by atoms with Crippen LogP contribution in [0.15, 0.2) is 60.7 Å². The van der Waals surface area contributed by atoms with E-state index < -0.39 is 23.5 Å². The van der Waals surface area contributed by atoms with Crippen molar-refractivity contribution in [3.63, 3.8) is 0 Å². The minimum absolute atomic E-state index is 0.00166. The van der Waals surface area contributed by atoms with Crippen molar-refractivity contribution in [2.75, 3.05) is 18.2 Å². The number of nitrogens with one attached hydrogen (secondary N) is 2. The number of ether oxygens (including phenoxy) is 3. The van der Waals surface area contributed by atoms with Crippen LogP contribution in [-0.2, 0) is 21.7 Å². The Morgan fingerprint density at radius 1 is 1.17 bits per heavy atom. The molecule has 9 nitrogen and oxygen atoms in total. The summed E-state index contributed by atoms with van der Waals surface area (Å²) in [5.74, 6) is -1.55. The lowest BCUT2D eigenvalue weighted by molar-refractivity contribution is 0.00498. The largest absolute Gasteiger partial charge is 0.493 e. The highest BCUT2D eigenvalue weighted by molar-refractivity contribution is 5.90. The van der Waals surface area contributed by atoms with Gasteiger partial charge in [-0.25, -0.2) is 14.0 Å². The molecule has 1 saturated heterocycles. The Bertz CT molecular complexity index is 1410. The molecule has 2 heterocycles. The van der Waals surface area contributed by atoms with Gasteiger partial charge in [0.25, 0.3) is 0 Å². The Balaban J connectivity index is 1.66. The first-order valence-electron chi connectivity index (χ1n) is 13.8. The van der Waals surface area contributed by atoms with Gasteiger partial charge in [-0.15, -0.1) is 0 Å². The standard InChI is InChI=1S/C31H34FN3O6/c1-3-15-39-26-13-9-12-25-28(26)31(34-35(25)27-14-7-8-16-40-27,22-17-23(29(36)37)20(2)24(32)18-22)33-30(38)41-19-21-10-5-4-6-11-21/h4-6,9-13,17-18,27,34H,3,7-8,14-16,19H2,1-2H3,(H,33,38)(H,36,37). The fraction of sp³-hybridized carbons (Fsp3) is 0.355. The highest BCUT2D eigenvalue weighted by Crippen LogP contribution is 2.47. The molecule has 216 valence electrons. The van der Waals surface area contributed by atoms with Crippen LogP contribution >= 0.6 is 0 Å². The summed E-state index contributed by atoms with van der Waals surface area (Å²) in [5.41, 5.74) is 3.61. The molecule has 5 rings (SSSR count). The van der Waals surface area contributed by atoms with Crippen LogP contribution < -0.4 is 20.5 Å². The lowest BCUT2D eigenvalue weighted by Crippen LogP contribution is -2.60. The summed E-state index contributed by atoms with van der Waals surface area (Å²) in [4.78, 5) is 25.6. The number of carboxylic acid groups (broad SMARTS) is 1. The van der Waals surface area contributed by atoms with Crippen molar-refractivity contribution in [1.82, 2.24) is 10.7 Å². The van der Waals surface area contributed by atoms with Gasteiger partial charge in [0.2, 0.25) is 0 Å². The number of carbonyl (C=O) groups is 2. The average Bonchev–Trinajstić information content (AvgIpc) is 3.32. The molecule has 0 aliphatic carbocycles. The van der Waals surface area contributed by atoms with Gasteiger partial charge in [-0.05, 0) is 68.0 Å². The topological polar surface area (TPSA) is 109 Å². The van der Waals surface area contributed by atoms with E-state index in [-0.39, 0.29) is 29.5 Å². The minimum Gasteiger partial charge on any atom is -0.493 e. The zero-order valence-electron chi connectivity index (χ0n) is 23.1. The maximum Gasteiger partial charge on any atom is 0.409 e. The fourth-order valence-electron chi connectivity index (χ4n) is 5.28. The number of carboxylic acids is 1. The summed E-state index contributed by atoms with van der Waals surface area (Å²) in [5, 5.41) is 14.6. The maximum absolute atomic E-state index is 15.4. The molecule has 2 aliphatic rings. The summed E-state index contributed by atoms with van der Waals surface area (Å²) in [6.07, 6.45) is 2.13. The molecule has 2 unspecified atom stereocenters. The third kappa shape index (κ3) is 5.71. The van der Waals surface area contributed by atoms with Crippen molar-refractivity contribution in [2.24, 2.45) is 0 Å². The minimum atomic E-state index is -1.65. The first kappa shape index (κ1) is 28.4. The van der Waals surface area contributed by atoms with E-state index >= 15 is 4.39 Å². The Morgan fingerprint density at radius 3 is 2.68 bits per heavy atom. The van der Waals surface area contributed by atoms with Crippen molar-refractivity contribution >= 4 is 17.7 Å². The predicted molar refractivity (Wildman–Crippen MR) is 150 cm³/mol. The molecule has 1 amide bonds. The number of hydrazine groups is 1. The fourth-order valence-corrected chi connectivity index (χ4v) is 5.28. The molecule has 0 spiro atoms. The van der Waals surface area contributed by atoms with Gasteiger partial charge in [0, 0.05) is 12.2 Å². The molecular weight excluding hydrogens is 529 g/mol. The van der Waals surface area contributed by atoms with Crippen LogP contribution in [0.5, 0.6) is 5.75 Å². The van der Waals surface area contributed by atoms with E-state index in [1.54, 1.807) is 6.07 Å². The first-order valence-corrected chi connectivity index (χ1v) is 13.8. The van der Waals surface area contributed by atoms with Gasteiger partial charge < -0.3 is 19.3 Å². The van der Waals surface area contributed by atoms with Crippen LogP contribution in [0.4, 0.5) is 14.9 Å². The van der Waals surface area contributed by atoms with Gasteiger partial charge >= 0.3 is 12.1 Å². The normalized spacial score (nSPS) is 19.9.